The topological polar surface area (TPSA) is 246 Å². The zero-order valence-corrected chi connectivity index (χ0v) is 13.8. The molecule has 0 spiro atoms. The van der Waals surface area contributed by atoms with Gasteiger partial charge in [0.1, 0.15) is 0 Å². The fourth-order valence-electron chi connectivity index (χ4n) is 0. The predicted molar refractivity (Wildman–Crippen MR) is 38.7 cm³/mol. The molecule has 0 aliphatic heterocycles. The van der Waals surface area contributed by atoms with Crippen LogP contribution in [-0.2, 0) is 9.13 Å². The number of quaternary nitrogens is 2. The van der Waals surface area contributed by atoms with E-state index in [1.165, 1.54) is 0 Å². The fourth-order valence-corrected chi connectivity index (χ4v) is 0. The molecule has 0 rings (SSSR count). The average Bonchev–Trinajstić information content (AvgIpc) is 1.12. The van der Waals surface area contributed by atoms with Gasteiger partial charge < -0.3 is 50.8 Å². The van der Waals surface area contributed by atoms with Crippen LogP contribution >= 0.6 is 15.6 Å². The van der Waals surface area contributed by atoms with Crippen molar-refractivity contribution in [3.8, 4) is 0 Å². The third kappa shape index (κ3) is 387. The molecule has 0 saturated heterocycles. The molecule has 0 aromatic heterocycles. The molecule has 0 aliphatic rings. The Balaban J connectivity index is -0.0000000178. The summed E-state index contributed by atoms with van der Waals surface area (Å²) in [6.07, 6.45) is 0. The Kier molecular flexibility index (Phi) is 40.2. The predicted octanol–water partition coefficient (Wildman–Crippen LogP) is -5.66. The van der Waals surface area contributed by atoms with E-state index in [0.29, 0.717) is 0 Å². The number of phosphoric acid groups is 2. The van der Waals surface area contributed by atoms with Gasteiger partial charge in [-0.05, 0) is 0 Å². The van der Waals surface area contributed by atoms with Gasteiger partial charge in [-0.15, -0.1) is 0 Å². The first-order chi connectivity index (χ1) is 4.00. The Morgan fingerprint density at radius 2 is 0.571 bits per heavy atom. The van der Waals surface area contributed by atoms with Gasteiger partial charge >= 0.3 is 75.5 Å². The summed E-state index contributed by atoms with van der Waals surface area (Å²) in [5, 5.41) is 0. The van der Waals surface area contributed by atoms with Crippen molar-refractivity contribution in [2.24, 2.45) is 0 Å². The third-order valence-electron chi connectivity index (χ3n) is 0. The molecule has 0 aliphatic carbocycles. The number of hydrogen-bond donors (Lipinski definition) is 2. The van der Waals surface area contributed by atoms with Crippen molar-refractivity contribution < 1.29 is 38.5 Å². The molecular formula is H8Ca2N2O8P2. The average molecular weight is 306 g/mol. The van der Waals surface area contributed by atoms with Crippen LogP contribution in [0.3, 0.4) is 0 Å². The summed E-state index contributed by atoms with van der Waals surface area (Å²) in [6, 6.07) is 0. The summed E-state index contributed by atoms with van der Waals surface area (Å²) in [7, 11) is -10.8. The second-order valence-corrected chi connectivity index (χ2v) is 2.68. The minimum Gasteiger partial charge on any atom is -0.822 e. The Morgan fingerprint density at radius 3 is 0.571 bits per heavy atom. The van der Waals surface area contributed by atoms with Gasteiger partial charge in [0, 0.05) is 0 Å². The van der Waals surface area contributed by atoms with Crippen molar-refractivity contribution in [1.29, 1.82) is 0 Å². The summed E-state index contributed by atoms with van der Waals surface area (Å²) in [6.45, 7) is 0. The van der Waals surface area contributed by atoms with E-state index in [-0.39, 0.29) is 87.8 Å². The SMILES string of the molecule is O=P([O-])([O-])[O-].O=P([O-])([O-])[O-].[Ca+2].[Ca+2].[NH4+].[NH4+]. The van der Waals surface area contributed by atoms with E-state index in [1.54, 1.807) is 0 Å². The molecule has 0 atom stereocenters. The van der Waals surface area contributed by atoms with Crippen LogP contribution in [0.2, 0.25) is 0 Å². The zero-order valence-electron chi connectivity index (χ0n) is 7.57. The van der Waals surface area contributed by atoms with Gasteiger partial charge in [-0.1, -0.05) is 0 Å². The summed E-state index contributed by atoms with van der Waals surface area (Å²) >= 11 is 0. The molecular weight excluding hydrogens is 298 g/mol. The van der Waals surface area contributed by atoms with Crippen molar-refractivity contribution in [2.45, 2.75) is 0 Å². The van der Waals surface area contributed by atoms with Crippen LogP contribution < -0.4 is 41.7 Å². The molecule has 0 heterocycles. The zero-order chi connectivity index (χ0) is 9.00. The first-order valence-electron chi connectivity index (χ1n) is 1.46. The minimum atomic E-state index is -5.39. The third-order valence-corrected chi connectivity index (χ3v) is 0. The Bertz CT molecular complexity index is 136. The molecule has 0 fully saturated rings. The van der Waals surface area contributed by atoms with Gasteiger partial charge in [0.25, 0.3) is 0 Å². The second-order valence-electron chi connectivity index (χ2n) is 0.894. The van der Waals surface area contributed by atoms with E-state index in [4.69, 9.17) is 38.5 Å². The monoisotopic (exact) mass is 306 g/mol. The molecule has 0 bridgehead atoms. The maximum absolute atomic E-state index is 8.55. The first kappa shape index (κ1) is 36.0. The van der Waals surface area contributed by atoms with Crippen molar-refractivity contribution in [1.82, 2.24) is 12.3 Å². The normalized spacial score (nSPS) is 8.43. The van der Waals surface area contributed by atoms with Gasteiger partial charge in [-0.2, -0.15) is 15.6 Å². The maximum atomic E-state index is 8.55. The summed E-state index contributed by atoms with van der Waals surface area (Å²) in [5.74, 6) is 0. The largest absolute Gasteiger partial charge is 2.00 e. The molecule has 10 nitrogen and oxygen atoms in total. The molecule has 0 aromatic rings. The van der Waals surface area contributed by atoms with Gasteiger partial charge in [0.15, 0.2) is 0 Å². The van der Waals surface area contributed by atoms with Gasteiger partial charge in [0.2, 0.25) is 0 Å². The van der Waals surface area contributed by atoms with Crippen LogP contribution in [0.5, 0.6) is 0 Å². The maximum Gasteiger partial charge on any atom is 2.00 e. The van der Waals surface area contributed by atoms with E-state index in [0.717, 1.165) is 0 Å². The number of rotatable bonds is 0. The standard InChI is InChI=1S/2Ca.2H3N.2H3O4P/c;;;;2*1-5(2,3)4/h;;2*1H3;2*(H3,1,2,3,4)/q2*+2;;;;/p-4. The van der Waals surface area contributed by atoms with Gasteiger partial charge in [0.05, 0.1) is 0 Å². The first-order valence-corrected chi connectivity index (χ1v) is 4.38. The van der Waals surface area contributed by atoms with Gasteiger partial charge in [-0.25, -0.2) is 0 Å². The van der Waals surface area contributed by atoms with Crippen LogP contribution in [0.4, 0.5) is 0 Å². The molecule has 8 N–H and O–H groups in total. The van der Waals surface area contributed by atoms with Crippen molar-refractivity contribution >= 4 is 91.1 Å². The van der Waals surface area contributed by atoms with E-state index in [2.05, 4.69) is 0 Å². The number of hydrogen-bond acceptors (Lipinski definition) is 8. The van der Waals surface area contributed by atoms with Crippen molar-refractivity contribution in [3.63, 3.8) is 0 Å². The fraction of sp³-hybridized carbons (Fsp3) is 0. The second kappa shape index (κ2) is 15.7. The minimum absolute atomic E-state index is 0. The van der Waals surface area contributed by atoms with Gasteiger partial charge in [-0.3, -0.25) is 0 Å². The molecule has 0 unspecified atom stereocenters. The summed E-state index contributed by atoms with van der Waals surface area (Å²) in [4.78, 5) is 51.3. The molecule has 0 saturated carbocycles. The summed E-state index contributed by atoms with van der Waals surface area (Å²) in [5.41, 5.74) is 0. The quantitative estimate of drug-likeness (QED) is 0.321. The van der Waals surface area contributed by atoms with Crippen molar-refractivity contribution in [3.05, 3.63) is 0 Å². The molecule has 0 aromatic carbocycles. The Labute approximate surface area is 140 Å². The van der Waals surface area contributed by atoms with Crippen LogP contribution in [0, 0.1) is 0 Å². The molecule has 14 heteroatoms. The van der Waals surface area contributed by atoms with E-state index in [1.807, 2.05) is 0 Å². The van der Waals surface area contributed by atoms with Crippen molar-refractivity contribution in [2.75, 3.05) is 0 Å². The Morgan fingerprint density at radius 1 is 0.571 bits per heavy atom. The van der Waals surface area contributed by atoms with Crippen LogP contribution in [0.15, 0.2) is 0 Å². The van der Waals surface area contributed by atoms with Crippen LogP contribution in [0.25, 0.3) is 0 Å². The molecule has 80 valence electrons. The Hall–Kier alpha value is 2.66. The van der Waals surface area contributed by atoms with E-state index in [9.17, 15) is 0 Å². The molecule has 14 heavy (non-hydrogen) atoms. The summed E-state index contributed by atoms with van der Waals surface area (Å²) < 4.78 is 17.1. The molecule has 0 amide bonds. The van der Waals surface area contributed by atoms with E-state index >= 15 is 0 Å². The van der Waals surface area contributed by atoms with Crippen LogP contribution in [-0.4, -0.2) is 75.5 Å². The van der Waals surface area contributed by atoms with E-state index < -0.39 is 15.6 Å². The molecule has 0 radical (unpaired) electrons. The van der Waals surface area contributed by atoms with Crippen LogP contribution in [0.1, 0.15) is 0 Å². The smallest absolute Gasteiger partial charge is 0.822 e.